The lowest BCUT2D eigenvalue weighted by Crippen LogP contribution is -1.93. The van der Waals surface area contributed by atoms with Gasteiger partial charge in [0.15, 0.2) is 0 Å². The SMILES string of the molecule is CCCCCCCCC=CCCCCCCCC(=O)O.O=C(O)CCl. The van der Waals surface area contributed by atoms with Crippen LogP contribution in [0.1, 0.15) is 96.8 Å². The molecular formula is C20H37ClO4. The van der Waals surface area contributed by atoms with Crippen molar-refractivity contribution in [1.29, 1.82) is 0 Å². The summed E-state index contributed by atoms with van der Waals surface area (Å²) in [5.74, 6) is -1.95. The normalized spacial score (nSPS) is 10.5. The fourth-order valence-electron chi connectivity index (χ4n) is 2.35. The zero-order valence-electron chi connectivity index (χ0n) is 15.9. The van der Waals surface area contributed by atoms with E-state index in [0.717, 1.165) is 12.8 Å². The number of carboxylic acids is 2. The fraction of sp³-hybridized carbons (Fsp3) is 0.800. The number of unbranched alkanes of at least 4 members (excludes halogenated alkanes) is 11. The number of rotatable bonds is 16. The summed E-state index contributed by atoms with van der Waals surface area (Å²) in [6.07, 6.45) is 21.2. The lowest BCUT2D eigenvalue weighted by Gasteiger charge is -1.99. The Hall–Kier alpha value is -1.03. The number of carbonyl (C=O) groups is 2. The molecule has 0 aliphatic rings. The van der Waals surface area contributed by atoms with Gasteiger partial charge in [-0.25, -0.2) is 0 Å². The number of aliphatic carboxylic acids is 2. The smallest absolute Gasteiger partial charge is 0.318 e. The van der Waals surface area contributed by atoms with Crippen molar-refractivity contribution >= 4 is 23.5 Å². The Morgan fingerprint density at radius 1 is 0.720 bits per heavy atom. The van der Waals surface area contributed by atoms with E-state index >= 15 is 0 Å². The van der Waals surface area contributed by atoms with Crippen molar-refractivity contribution in [3.05, 3.63) is 12.2 Å². The molecule has 0 atom stereocenters. The Morgan fingerprint density at radius 3 is 1.52 bits per heavy atom. The third-order valence-corrected chi connectivity index (χ3v) is 4.00. The monoisotopic (exact) mass is 376 g/mol. The molecule has 0 radical (unpaired) electrons. The summed E-state index contributed by atoms with van der Waals surface area (Å²) in [7, 11) is 0. The van der Waals surface area contributed by atoms with Crippen molar-refractivity contribution in [2.24, 2.45) is 0 Å². The van der Waals surface area contributed by atoms with Gasteiger partial charge < -0.3 is 10.2 Å². The zero-order chi connectivity index (χ0) is 19.2. The summed E-state index contributed by atoms with van der Waals surface area (Å²) < 4.78 is 0. The topological polar surface area (TPSA) is 74.6 Å². The van der Waals surface area contributed by atoms with E-state index in [1.165, 1.54) is 70.6 Å². The molecule has 5 heteroatoms. The van der Waals surface area contributed by atoms with Gasteiger partial charge in [-0.15, -0.1) is 11.6 Å². The Morgan fingerprint density at radius 2 is 1.12 bits per heavy atom. The third-order valence-electron chi connectivity index (χ3n) is 3.77. The second-order valence-electron chi connectivity index (χ2n) is 6.26. The number of halogens is 1. The molecular weight excluding hydrogens is 340 g/mol. The quantitative estimate of drug-likeness (QED) is 0.185. The van der Waals surface area contributed by atoms with Crippen molar-refractivity contribution in [2.75, 3.05) is 5.88 Å². The average molecular weight is 377 g/mol. The molecule has 148 valence electrons. The molecule has 0 fully saturated rings. The van der Waals surface area contributed by atoms with Crippen molar-refractivity contribution in [3.8, 4) is 0 Å². The molecule has 0 aromatic heterocycles. The van der Waals surface area contributed by atoms with Gasteiger partial charge in [-0.05, 0) is 32.1 Å². The summed E-state index contributed by atoms with van der Waals surface area (Å²) in [5.41, 5.74) is 0. The third kappa shape index (κ3) is 31.3. The summed E-state index contributed by atoms with van der Waals surface area (Å²) in [4.78, 5) is 19.6. The van der Waals surface area contributed by atoms with E-state index < -0.39 is 11.9 Å². The minimum atomic E-state index is -0.980. The lowest BCUT2D eigenvalue weighted by atomic mass is 10.1. The highest BCUT2D eigenvalue weighted by molar-refractivity contribution is 6.26. The average Bonchev–Trinajstić information content (AvgIpc) is 2.58. The maximum Gasteiger partial charge on any atom is 0.318 e. The first-order chi connectivity index (χ1) is 12.0. The second-order valence-corrected chi connectivity index (χ2v) is 6.52. The minimum absolute atomic E-state index is 0.306. The maximum absolute atomic E-state index is 10.3. The van der Waals surface area contributed by atoms with Gasteiger partial charge in [0.05, 0.1) is 0 Å². The highest BCUT2D eigenvalue weighted by Gasteiger charge is 1.95. The van der Waals surface area contributed by atoms with Gasteiger partial charge in [-0.1, -0.05) is 70.4 Å². The Kier molecular flexibility index (Phi) is 24.1. The summed E-state index contributed by atoms with van der Waals surface area (Å²) >= 11 is 4.74. The number of alkyl halides is 1. The summed E-state index contributed by atoms with van der Waals surface area (Å²) in [6, 6.07) is 0. The molecule has 2 N–H and O–H groups in total. The van der Waals surface area contributed by atoms with E-state index in [1.54, 1.807) is 0 Å². The molecule has 0 aliphatic heterocycles. The Bertz CT molecular complexity index is 330. The molecule has 25 heavy (non-hydrogen) atoms. The largest absolute Gasteiger partial charge is 0.481 e. The highest BCUT2D eigenvalue weighted by atomic mass is 35.5. The summed E-state index contributed by atoms with van der Waals surface area (Å²) in [6.45, 7) is 2.26. The van der Waals surface area contributed by atoms with Crippen LogP contribution in [-0.4, -0.2) is 28.0 Å². The van der Waals surface area contributed by atoms with Gasteiger partial charge in [0.1, 0.15) is 5.88 Å². The van der Waals surface area contributed by atoms with Gasteiger partial charge in [0.25, 0.3) is 0 Å². The van der Waals surface area contributed by atoms with Crippen LogP contribution in [0.25, 0.3) is 0 Å². The van der Waals surface area contributed by atoms with Crippen LogP contribution in [0, 0.1) is 0 Å². The number of carboxylic acid groups (broad SMARTS) is 2. The summed E-state index contributed by atoms with van der Waals surface area (Å²) in [5, 5.41) is 16.1. The van der Waals surface area contributed by atoms with Crippen LogP contribution in [0.2, 0.25) is 0 Å². The molecule has 0 unspecified atom stereocenters. The van der Waals surface area contributed by atoms with Crippen LogP contribution in [0.5, 0.6) is 0 Å². The molecule has 0 rings (SSSR count). The van der Waals surface area contributed by atoms with Crippen molar-refractivity contribution in [1.82, 2.24) is 0 Å². The minimum Gasteiger partial charge on any atom is -0.481 e. The first-order valence-electron chi connectivity index (χ1n) is 9.69. The maximum atomic E-state index is 10.3. The molecule has 0 spiro atoms. The molecule has 4 nitrogen and oxygen atoms in total. The predicted octanol–water partition coefficient (Wildman–Crippen LogP) is 6.42. The second kappa shape index (κ2) is 23.0. The van der Waals surface area contributed by atoms with Gasteiger partial charge >= 0.3 is 11.9 Å². The van der Waals surface area contributed by atoms with Crippen molar-refractivity contribution in [3.63, 3.8) is 0 Å². The van der Waals surface area contributed by atoms with Gasteiger partial charge in [0.2, 0.25) is 0 Å². The Balaban J connectivity index is 0. The van der Waals surface area contributed by atoms with Crippen LogP contribution < -0.4 is 0 Å². The van der Waals surface area contributed by atoms with Gasteiger partial charge in [0, 0.05) is 6.42 Å². The number of allylic oxidation sites excluding steroid dienone is 2. The van der Waals surface area contributed by atoms with Crippen LogP contribution in [0.3, 0.4) is 0 Å². The van der Waals surface area contributed by atoms with Crippen molar-refractivity contribution in [2.45, 2.75) is 96.8 Å². The van der Waals surface area contributed by atoms with Crippen LogP contribution in [0.4, 0.5) is 0 Å². The fourth-order valence-corrected chi connectivity index (χ4v) is 2.35. The number of hydrogen-bond donors (Lipinski definition) is 2. The predicted molar refractivity (Wildman–Crippen MR) is 105 cm³/mol. The van der Waals surface area contributed by atoms with E-state index in [1.807, 2.05) is 0 Å². The first kappa shape index (κ1) is 26.2. The van der Waals surface area contributed by atoms with E-state index in [4.69, 9.17) is 21.8 Å². The van der Waals surface area contributed by atoms with E-state index in [2.05, 4.69) is 19.1 Å². The molecule has 0 saturated heterocycles. The van der Waals surface area contributed by atoms with Crippen LogP contribution in [0.15, 0.2) is 12.2 Å². The lowest BCUT2D eigenvalue weighted by molar-refractivity contribution is -0.137. The molecule has 0 aromatic rings. The van der Waals surface area contributed by atoms with Gasteiger partial charge in [-0.2, -0.15) is 0 Å². The molecule has 0 heterocycles. The molecule has 0 aliphatic carbocycles. The highest BCUT2D eigenvalue weighted by Crippen LogP contribution is 2.09. The van der Waals surface area contributed by atoms with E-state index in [9.17, 15) is 9.59 Å². The number of hydrogen-bond acceptors (Lipinski definition) is 2. The molecule has 0 bridgehead atoms. The molecule has 0 aromatic carbocycles. The van der Waals surface area contributed by atoms with Crippen LogP contribution >= 0.6 is 11.6 Å². The molecule has 0 amide bonds. The zero-order valence-corrected chi connectivity index (χ0v) is 16.6. The Labute approximate surface area is 158 Å². The standard InChI is InChI=1S/C18H34O2.C2H3ClO2/c1-2-3-4-5-6-7-8-9-10-11-12-13-14-15-16-17-18(19)20;3-1-2(4)5/h9-10H,2-8,11-17H2,1H3,(H,19,20);1H2,(H,4,5). The van der Waals surface area contributed by atoms with Gasteiger partial charge in [-0.3, -0.25) is 9.59 Å². The van der Waals surface area contributed by atoms with E-state index in [-0.39, 0.29) is 5.88 Å². The van der Waals surface area contributed by atoms with Crippen LogP contribution in [-0.2, 0) is 9.59 Å². The molecule has 0 saturated carbocycles. The van der Waals surface area contributed by atoms with E-state index in [0.29, 0.717) is 6.42 Å². The van der Waals surface area contributed by atoms with Crippen molar-refractivity contribution < 1.29 is 19.8 Å². The first-order valence-corrected chi connectivity index (χ1v) is 10.2.